The summed E-state index contributed by atoms with van der Waals surface area (Å²) in [5.41, 5.74) is 8.25. The summed E-state index contributed by atoms with van der Waals surface area (Å²) in [6, 6.07) is 15.1. The molecule has 0 bridgehead atoms. The Hall–Kier alpha value is -3.06. The monoisotopic (exact) mass is 367 g/mol. The number of H-pyrrole nitrogens is 1. The van der Waals surface area contributed by atoms with Gasteiger partial charge in [0.05, 0.1) is 25.8 Å². The third kappa shape index (κ3) is 4.77. The van der Waals surface area contributed by atoms with E-state index in [1.54, 1.807) is 0 Å². The highest BCUT2D eigenvalue weighted by atomic mass is 16.5. The molecule has 0 aliphatic rings. The van der Waals surface area contributed by atoms with Crippen molar-refractivity contribution in [2.75, 3.05) is 18.5 Å². The Morgan fingerprint density at radius 1 is 1.04 bits per heavy atom. The Labute approximate surface area is 158 Å². The van der Waals surface area contributed by atoms with Crippen molar-refractivity contribution in [2.24, 2.45) is 5.73 Å². The van der Waals surface area contributed by atoms with E-state index in [-0.39, 0.29) is 0 Å². The fourth-order valence-corrected chi connectivity index (χ4v) is 2.68. The van der Waals surface area contributed by atoms with E-state index in [9.17, 15) is 0 Å². The second-order valence-electron chi connectivity index (χ2n) is 5.91. The second kappa shape index (κ2) is 9.05. The third-order valence-corrected chi connectivity index (χ3v) is 3.99. The second-order valence-corrected chi connectivity index (χ2v) is 5.91. The van der Waals surface area contributed by atoms with Gasteiger partial charge < -0.3 is 20.5 Å². The average Bonchev–Trinajstić information content (AvgIpc) is 3.17. The summed E-state index contributed by atoms with van der Waals surface area (Å²) in [4.78, 5) is 4.51. The van der Waals surface area contributed by atoms with Crippen molar-refractivity contribution in [2.45, 2.75) is 26.4 Å². The highest BCUT2D eigenvalue weighted by molar-refractivity contribution is 5.45. The molecule has 0 fully saturated rings. The molecule has 0 amide bonds. The molecule has 0 spiro atoms. The molecule has 0 aliphatic heterocycles. The number of hydrogen-bond acceptors (Lipinski definition) is 6. The number of benzene rings is 2. The van der Waals surface area contributed by atoms with Gasteiger partial charge >= 0.3 is 0 Å². The van der Waals surface area contributed by atoms with Crippen molar-refractivity contribution in [3.05, 3.63) is 65.7 Å². The molecule has 1 heterocycles. The highest BCUT2D eigenvalue weighted by Gasteiger charge is 2.17. The maximum Gasteiger partial charge on any atom is 0.171 e. The van der Waals surface area contributed by atoms with Gasteiger partial charge in [0.15, 0.2) is 17.3 Å². The summed E-state index contributed by atoms with van der Waals surface area (Å²) in [5, 5.41) is 10.5. The number of hydrogen-bond donors (Lipinski definition) is 3. The van der Waals surface area contributed by atoms with E-state index < -0.39 is 6.04 Å². The van der Waals surface area contributed by atoms with Crippen LogP contribution in [0.25, 0.3) is 0 Å². The van der Waals surface area contributed by atoms with Crippen molar-refractivity contribution >= 4 is 5.69 Å². The molecule has 1 aromatic heterocycles. The molecule has 2 aromatic carbocycles. The molecule has 0 saturated carbocycles. The van der Waals surface area contributed by atoms with Gasteiger partial charge in [0, 0.05) is 5.69 Å². The van der Waals surface area contributed by atoms with Gasteiger partial charge in [-0.15, -0.1) is 0 Å². The number of rotatable bonds is 9. The average molecular weight is 367 g/mol. The third-order valence-electron chi connectivity index (χ3n) is 3.99. The summed E-state index contributed by atoms with van der Waals surface area (Å²) in [5.74, 6) is 2.64. The molecule has 7 nitrogen and oxygen atoms in total. The van der Waals surface area contributed by atoms with E-state index in [1.807, 2.05) is 62.4 Å². The lowest BCUT2D eigenvalue weighted by molar-refractivity contribution is 0.287. The van der Waals surface area contributed by atoms with E-state index in [4.69, 9.17) is 15.2 Å². The van der Waals surface area contributed by atoms with Gasteiger partial charge in [0.2, 0.25) is 0 Å². The molecule has 3 rings (SSSR count). The maximum atomic E-state index is 6.36. The van der Waals surface area contributed by atoms with Crippen molar-refractivity contribution in [1.82, 2.24) is 15.2 Å². The quantitative estimate of drug-likeness (QED) is 0.537. The SMILES string of the molecule is CCOc1ccc([C@H](N)c2n[nH]c(CNc3ccccc3)n2)cc1OCC. The molecule has 142 valence electrons. The van der Waals surface area contributed by atoms with E-state index >= 15 is 0 Å². The van der Waals surface area contributed by atoms with Gasteiger partial charge in [0.1, 0.15) is 5.82 Å². The number of nitrogens with zero attached hydrogens (tertiary/aromatic N) is 2. The summed E-state index contributed by atoms with van der Waals surface area (Å²) in [7, 11) is 0. The smallest absolute Gasteiger partial charge is 0.171 e. The Morgan fingerprint density at radius 2 is 1.78 bits per heavy atom. The molecule has 0 radical (unpaired) electrons. The Kier molecular flexibility index (Phi) is 6.27. The molecule has 27 heavy (non-hydrogen) atoms. The van der Waals surface area contributed by atoms with Crippen molar-refractivity contribution in [1.29, 1.82) is 0 Å². The molecule has 4 N–H and O–H groups in total. The van der Waals surface area contributed by atoms with Gasteiger partial charge in [-0.05, 0) is 43.7 Å². The molecule has 1 atom stereocenters. The number of aromatic amines is 1. The van der Waals surface area contributed by atoms with Crippen LogP contribution in [-0.4, -0.2) is 28.4 Å². The molecule has 0 unspecified atom stereocenters. The molecule has 7 heteroatoms. The van der Waals surface area contributed by atoms with Gasteiger partial charge in [-0.1, -0.05) is 24.3 Å². The summed E-state index contributed by atoms with van der Waals surface area (Å²) in [6.07, 6.45) is 0. The van der Waals surface area contributed by atoms with Crippen molar-refractivity contribution < 1.29 is 9.47 Å². The fraction of sp³-hybridized carbons (Fsp3) is 0.300. The standard InChI is InChI=1S/C20H25N5O2/c1-3-26-16-11-10-14(12-17(16)27-4-2)19(21)20-23-18(24-25-20)13-22-15-8-6-5-7-9-15/h5-12,19,22H,3-4,13,21H2,1-2H3,(H,23,24,25)/t19-/m0/s1. The highest BCUT2D eigenvalue weighted by Crippen LogP contribution is 2.31. The minimum Gasteiger partial charge on any atom is -0.490 e. The molecule has 3 aromatic rings. The number of anilines is 1. The predicted molar refractivity (Wildman–Crippen MR) is 105 cm³/mol. The lowest BCUT2D eigenvalue weighted by atomic mass is 10.1. The number of para-hydroxylation sites is 1. The lowest BCUT2D eigenvalue weighted by Gasteiger charge is -2.14. The summed E-state index contributed by atoms with van der Waals surface area (Å²) >= 11 is 0. The van der Waals surface area contributed by atoms with Crippen LogP contribution in [0.2, 0.25) is 0 Å². The minimum atomic E-state index is -0.457. The lowest BCUT2D eigenvalue weighted by Crippen LogP contribution is -2.14. The minimum absolute atomic E-state index is 0.457. The van der Waals surface area contributed by atoms with Gasteiger partial charge in [0.25, 0.3) is 0 Å². The van der Waals surface area contributed by atoms with E-state index in [1.165, 1.54) is 0 Å². The molecular formula is C20H25N5O2. The summed E-state index contributed by atoms with van der Waals surface area (Å²) < 4.78 is 11.3. The van der Waals surface area contributed by atoms with Crippen LogP contribution in [0.5, 0.6) is 11.5 Å². The predicted octanol–water partition coefficient (Wildman–Crippen LogP) is 3.26. The van der Waals surface area contributed by atoms with E-state index in [0.29, 0.717) is 37.1 Å². The van der Waals surface area contributed by atoms with Crippen LogP contribution >= 0.6 is 0 Å². The van der Waals surface area contributed by atoms with Crippen LogP contribution in [0.3, 0.4) is 0 Å². The molecular weight excluding hydrogens is 342 g/mol. The first-order valence-electron chi connectivity index (χ1n) is 9.06. The van der Waals surface area contributed by atoms with E-state index in [0.717, 1.165) is 17.1 Å². The zero-order chi connectivity index (χ0) is 19.1. The number of aromatic nitrogens is 3. The zero-order valence-electron chi connectivity index (χ0n) is 15.6. The summed E-state index contributed by atoms with van der Waals surface area (Å²) in [6.45, 7) is 5.54. The van der Waals surface area contributed by atoms with Crippen LogP contribution in [-0.2, 0) is 6.54 Å². The molecule has 0 aliphatic carbocycles. The largest absolute Gasteiger partial charge is 0.490 e. The Balaban J connectivity index is 1.71. The number of ether oxygens (including phenoxy) is 2. The van der Waals surface area contributed by atoms with Crippen molar-refractivity contribution in [3.63, 3.8) is 0 Å². The van der Waals surface area contributed by atoms with Gasteiger partial charge in [-0.25, -0.2) is 4.98 Å². The maximum absolute atomic E-state index is 6.36. The van der Waals surface area contributed by atoms with Crippen LogP contribution in [0.4, 0.5) is 5.69 Å². The fourth-order valence-electron chi connectivity index (χ4n) is 2.68. The van der Waals surface area contributed by atoms with E-state index in [2.05, 4.69) is 20.5 Å². The van der Waals surface area contributed by atoms with Crippen LogP contribution in [0.15, 0.2) is 48.5 Å². The van der Waals surface area contributed by atoms with Gasteiger partial charge in [-0.3, -0.25) is 5.10 Å². The van der Waals surface area contributed by atoms with Gasteiger partial charge in [-0.2, -0.15) is 5.10 Å². The van der Waals surface area contributed by atoms with Crippen molar-refractivity contribution in [3.8, 4) is 11.5 Å². The van der Waals surface area contributed by atoms with Crippen LogP contribution in [0, 0.1) is 0 Å². The Morgan fingerprint density at radius 3 is 2.52 bits per heavy atom. The first-order valence-corrected chi connectivity index (χ1v) is 9.06. The first-order chi connectivity index (χ1) is 13.2. The van der Waals surface area contributed by atoms with Crippen LogP contribution in [0.1, 0.15) is 37.1 Å². The number of nitrogens with one attached hydrogen (secondary N) is 2. The Bertz CT molecular complexity index is 851. The number of nitrogens with two attached hydrogens (primary N) is 1. The zero-order valence-corrected chi connectivity index (χ0v) is 15.6. The topological polar surface area (TPSA) is 98.1 Å². The molecule has 0 saturated heterocycles. The first kappa shape index (κ1) is 18.7. The normalized spacial score (nSPS) is 11.8. The van der Waals surface area contributed by atoms with Crippen LogP contribution < -0.4 is 20.5 Å².